The minimum atomic E-state index is -0.552. The van der Waals surface area contributed by atoms with Crippen molar-refractivity contribution < 1.29 is 23.8 Å². The van der Waals surface area contributed by atoms with E-state index in [9.17, 15) is 9.59 Å². The summed E-state index contributed by atoms with van der Waals surface area (Å²) in [5, 5.41) is 0. The van der Waals surface area contributed by atoms with Gasteiger partial charge in [-0.25, -0.2) is 0 Å². The van der Waals surface area contributed by atoms with Gasteiger partial charge >= 0.3 is 11.9 Å². The largest absolute Gasteiger partial charge is 0.462 e. The van der Waals surface area contributed by atoms with Crippen LogP contribution in [0.1, 0.15) is 239 Å². The van der Waals surface area contributed by atoms with Crippen LogP contribution in [0.15, 0.2) is 72.9 Å². The molecule has 0 saturated carbocycles. The van der Waals surface area contributed by atoms with Gasteiger partial charge in [0, 0.05) is 19.4 Å². The molecule has 0 aliphatic carbocycles. The molecule has 0 rings (SSSR count). The Hall–Kier alpha value is -2.66. The van der Waals surface area contributed by atoms with Crippen LogP contribution in [0.5, 0.6) is 0 Å². The summed E-state index contributed by atoms with van der Waals surface area (Å²) in [6.45, 7) is 7.66. The molecule has 60 heavy (non-hydrogen) atoms. The van der Waals surface area contributed by atoms with Crippen LogP contribution < -0.4 is 0 Å². The number of carbonyl (C=O) groups excluding carboxylic acids is 2. The highest BCUT2D eigenvalue weighted by Gasteiger charge is 2.17. The zero-order valence-corrected chi connectivity index (χ0v) is 39.7. The molecule has 0 aromatic rings. The molecule has 0 radical (unpaired) electrons. The lowest BCUT2D eigenvalue weighted by atomic mass is 10.1. The number of hydrogen-bond donors (Lipinski definition) is 0. The van der Waals surface area contributed by atoms with Crippen molar-refractivity contribution in [2.45, 2.75) is 245 Å². The maximum Gasteiger partial charge on any atom is 0.306 e. The zero-order chi connectivity index (χ0) is 43.5. The molecule has 346 valence electrons. The lowest BCUT2D eigenvalue weighted by Crippen LogP contribution is -2.30. The van der Waals surface area contributed by atoms with E-state index < -0.39 is 6.10 Å². The molecule has 0 aliphatic rings. The second kappa shape index (κ2) is 50.7. The van der Waals surface area contributed by atoms with E-state index in [4.69, 9.17) is 14.2 Å². The Bertz CT molecular complexity index is 1080. The minimum Gasteiger partial charge on any atom is -0.462 e. The van der Waals surface area contributed by atoms with E-state index in [0.717, 1.165) is 83.5 Å². The van der Waals surface area contributed by atoms with Gasteiger partial charge in [0.05, 0.1) is 6.61 Å². The van der Waals surface area contributed by atoms with E-state index >= 15 is 0 Å². The molecule has 1 unspecified atom stereocenters. The molecular formula is C55H96O5. The molecule has 1 atom stereocenters. The van der Waals surface area contributed by atoms with Gasteiger partial charge in [-0.2, -0.15) is 0 Å². The van der Waals surface area contributed by atoms with Gasteiger partial charge in [-0.05, 0) is 103 Å². The highest BCUT2D eigenvalue weighted by molar-refractivity contribution is 5.70. The van der Waals surface area contributed by atoms with Crippen LogP contribution in [-0.2, 0) is 23.8 Å². The van der Waals surface area contributed by atoms with Crippen molar-refractivity contribution in [3.05, 3.63) is 72.9 Å². The van der Waals surface area contributed by atoms with Gasteiger partial charge < -0.3 is 14.2 Å². The molecule has 0 fully saturated rings. The highest BCUT2D eigenvalue weighted by Crippen LogP contribution is 2.13. The molecule has 0 amide bonds. The maximum absolute atomic E-state index is 12.7. The quantitative estimate of drug-likeness (QED) is 0.0347. The Morgan fingerprint density at radius 1 is 0.367 bits per heavy atom. The predicted molar refractivity (Wildman–Crippen MR) is 260 cm³/mol. The fourth-order valence-electron chi connectivity index (χ4n) is 6.83. The smallest absolute Gasteiger partial charge is 0.306 e. The molecular weight excluding hydrogens is 741 g/mol. The summed E-state index contributed by atoms with van der Waals surface area (Å²) >= 11 is 0. The van der Waals surface area contributed by atoms with Crippen molar-refractivity contribution in [1.82, 2.24) is 0 Å². The van der Waals surface area contributed by atoms with Crippen molar-refractivity contribution in [2.24, 2.45) is 0 Å². The van der Waals surface area contributed by atoms with Gasteiger partial charge in [-0.3, -0.25) is 9.59 Å². The number of allylic oxidation sites excluding steroid dienone is 12. The zero-order valence-electron chi connectivity index (χ0n) is 39.7. The standard InChI is InChI=1S/C55H96O5/c1-4-7-10-13-16-19-22-24-26-27-28-29-30-31-34-36-39-42-45-48-54(56)59-52-53(60-55(57)49-46-43-40-37-33-21-18-15-12-9-6-3)51-58-50-47-44-41-38-35-32-25-23-20-17-14-11-8-5-2/h11,14-16,18-20,23-24,26,28-29,53H,4-10,12-13,17,21-22,25,27,30-52H2,1-3H3/b14-11-,18-15-,19-16-,23-20-,26-24-,29-28-. The summed E-state index contributed by atoms with van der Waals surface area (Å²) in [7, 11) is 0. The summed E-state index contributed by atoms with van der Waals surface area (Å²) in [5.74, 6) is -0.428. The maximum atomic E-state index is 12.7. The molecule has 5 nitrogen and oxygen atoms in total. The Morgan fingerprint density at radius 3 is 1.25 bits per heavy atom. The number of ether oxygens (including phenoxy) is 3. The number of rotatable bonds is 46. The fourth-order valence-corrected chi connectivity index (χ4v) is 6.83. The fraction of sp³-hybridized carbons (Fsp3) is 0.745. The van der Waals surface area contributed by atoms with Crippen molar-refractivity contribution in [3.63, 3.8) is 0 Å². The van der Waals surface area contributed by atoms with E-state index in [2.05, 4.69) is 93.7 Å². The average Bonchev–Trinajstić information content (AvgIpc) is 3.25. The first-order chi connectivity index (χ1) is 29.6. The average molecular weight is 837 g/mol. The van der Waals surface area contributed by atoms with Gasteiger partial charge in [0.1, 0.15) is 6.61 Å². The van der Waals surface area contributed by atoms with Gasteiger partial charge in [0.25, 0.3) is 0 Å². The number of carbonyl (C=O) groups is 2. The van der Waals surface area contributed by atoms with Crippen molar-refractivity contribution in [2.75, 3.05) is 19.8 Å². The van der Waals surface area contributed by atoms with Gasteiger partial charge in [-0.1, -0.05) is 196 Å². The summed E-state index contributed by atoms with van der Waals surface area (Å²) in [4.78, 5) is 25.3. The second-order valence-corrected chi connectivity index (χ2v) is 16.7. The Balaban J connectivity index is 4.27. The van der Waals surface area contributed by atoms with E-state index in [1.54, 1.807) is 0 Å². The first-order valence-corrected chi connectivity index (χ1v) is 25.5. The van der Waals surface area contributed by atoms with Crippen LogP contribution in [0, 0.1) is 0 Å². The Morgan fingerprint density at radius 2 is 0.750 bits per heavy atom. The summed E-state index contributed by atoms with van der Waals surface area (Å²) in [5.41, 5.74) is 0. The summed E-state index contributed by atoms with van der Waals surface area (Å²) in [6, 6.07) is 0. The lowest BCUT2D eigenvalue weighted by molar-refractivity contribution is -0.163. The van der Waals surface area contributed by atoms with Crippen LogP contribution in [0.25, 0.3) is 0 Å². The van der Waals surface area contributed by atoms with E-state index in [1.165, 1.54) is 122 Å². The normalized spacial score (nSPS) is 12.8. The molecule has 0 N–H and O–H groups in total. The van der Waals surface area contributed by atoms with E-state index in [1.807, 2.05) is 0 Å². The van der Waals surface area contributed by atoms with Gasteiger partial charge in [0.2, 0.25) is 0 Å². The molecule has 0 spiro atoms. The molecule has 0 aromatic carbocycles. The van der Waals surface area contributed by atoms with Crippen LogP contribution >= 0.6 is 0 Å². The first kappa shape index (κ1) is 57.3. The second-order valence-electron chi connectivity index (χ2n) is 16.7. The molecule has 0 saturated heterocycles. The van der Waals surface area contributed by atoms with E-state index in [0.29, 0.717) is 19.4 Å². The summed E-state index contributed by atoms with van der Waals surface area (Å²) in [6.07, 6.45) is 64.7. The van der Waals surface area contributed by atoms with Gasteiger partial charge in [0.15, 0.2) is 6.10 Å². The summed E-state index contributed by atoms with van der Waals surface area (Å²) < 4.78 is 17.4. The molecule has 0 bridgehead atoms. The van der Waals surface area contributed by atoms with Crippen LogP contribution in [0.2, 0.25) is 0 Å². The topological polar surface area (TPSA) is 61.8 Å². The van der Waals surface area contributed by atoms with Crippen LogP contribution in [0.3, 0.4) is 0 Å². The van der Waals surface area contributed by atoms with Crippen molar-refractivity contribution >= 4 is 11.9 Å². The molecule has 0 heterocycles. The number of esters is 2. The minimum absolute atomic E-state index is 0.0688. The molecule has 0 aliphatic heterocycles. The Kier molecular flexibility index (Phi) is 48.4. The van der Waals surface area contributed by atoms with Crippen LogP contribution in [0.4, 0.5) is 0 Å². The van der Waals surface area contributed by atoms with Gasteiger partial charge in [-0.15, -0.1) is 0 Å². The first-order valence-electron chi connectivity index (χ1n) is 25.5. The monoisotopic (exact) mass is 837 g/mol. The Labute approximate surface area is 372 Å². The number of unbranched alkanes of at least 4 members (excludes halogenated alkanes) is 23. The van der Waals surface area contributed by atoms with Crippen molar-refractivity contribution in [1.29, 1.82) is 0 Å². The van der Waals surface area contributed by atoms with Crippen molar-refractivity contribution in [3.8, 4) is 0 Å². The van der Waals surface area contributed by atoms with Crippen LogP contribution in [-0.4, -0.2) is 37.9 Å². The third kappa shape index (κ3) is 48.0. The lowest BCUT2D eigenvalue weighted by Gasteiger charge is -2.18. The highest BCUT2D eigenvalue weighted by atomic mass is 16.6. The predicted octanol–water partition coefficient (Wildman–Crippen LogP) is 17.1. The number of hydrogen-bond acceptors (Lipinski definition) is 5. The SMILES string of the molecule is CCC/C=C\C/C=C\CCCCCCCCOCC(COC(=O)CCCCCCCC/C=C\C/C=C\C/C=C\CCCCC)OC(=O)CCCCCCC/C=C\CCCC. The third-order valence-corrected chi connectivity index (χ3v) is 10.7. The van der Waals surface area contributed by atoms with E-state index in [-0.39, 0.29) is 25.2 Å². The molecule has 0 aromatic heterocycles. The third-order valence-electron chi connectivity index (χ3n) is 10.7. The molecule has 5 heteroatoms.